The number of sulfonamides is 1. The lowest BCUT2D eigenvalue weighted by molar-refractivity contribution is 0.404. The Morgan fingerprint density at radius 1 is 0.963 bits per heavy atom. The predicted octanol–water partition coefficient (Wildman–Crippen LogP) is 2.49. The molecule has 0 bridgehead atoms. The first-order chi connectivity index (χ1) is 12.9. The molecule has 0 aliphatic carbocycles. The molecule has 2 aromatic carbocycles. The minimum Gasteiger partial charge on any atom is -0.497 e. The van der Waals surface area contributed by atoms with Gasteiger partial charge >= 0.3 is 0 Å². The zero-order valence-corrected chi connectivity index (χ0v) is 16.1. The highest BCUT2D eigenvalue weighted by Gasteiger charge is 2.26. The van der Waals surface area contributed by atoms with Gasteiger partial charge in [-0.2, -0.15) is 4.31 Å². The number of ether oxygens (including phenoxy) is 2. The van der Waals surface area contributed by atoms with Gasteiger partial charge in [0.15, 0.2) is 5.04 Å². The standard InChI is InChI=1S/C19H23N3O4S/c1-25-17-7-3-15(4-8-17)13-22(27(23,24)19(21)11-12-20)14-16-5-9-18(26-2)10-6-16/h3-12,21H,13-14,20H2,1-2H3/b12-11-,21-19?. The number of benzene rings is 2. The lowest BCUT2D eigenvalue weighted by atomic mass is 10.2. The second-order valence-corrected chi connectivity index (χ2v) is 7.60. The van der Waals surface area contributed by atoms with Crippen LogP contribution in [0.25, 0.3) is 0 Å². The molecule has 0 radical (unpaired) electrons. The quantitative estimate of drug-likeness (QED) is 0.533. The van der Waals surface area contributed by atoms with Gasteiger partial charge in [0.25, 0.3) is 10.0 Å². The molecule has 3 N–H and O–H groups in total. The topological polar surface area (TPSA) is 106 Å². The monoisotopic (exact) mass is 389 g/mol. The Labute approximate surface area is 159 Å². The van der Waals surface area contributed by atoms with E-state index in [1.54, 1.807) is 62.8 Å². The molecule has 27 heavy (non-hydrogen) atoms. The molecule has 0 unspecified atom stereocenters. The minimum absolute atomic E-state index is 0.110. The van der Waals surface area contributed by atoms with Gasteiger partial charge in [-0.1, -0.05) is 24.3 Å². The van der Waals surface area contributed by atoms with Crippen LogP contribution >= 0.6 is 0 Å². The van der Waals surface area contributed by atoms with E-state index < -0.39 is 15.1 Å². The Balaban J connectivity index is 2.32. The Hall–Kier alpha value is -2.84. The number of methoxy groups -OCH3 is 2. The van der Waals surface area contributed by atoms with Crippen LogP contribution in [0.15, 0.2) is 60.8 Å². The van der Waals surface area contributed by atoms with Gasteiger partial charge in [-0.25, -0.2) is 8.42 Å². The van der Waals surface area contributed by atoms with Crippen molar-refractivity contribution in [2.24, 2.45) is 5.73 Å². The molecule has 0 atom stereocenters. The molecule has 0 aromatic heterocycles. The van der Waals surface area contributed by atoms with E-state index in [9.17, 15) is 8.42 Å². The van der Waals surface area contributed by atoms with E-state index in [0.29, 0.717) is 11.5 Å². The largest absolute Gasteiger partial charge is 0.497 e. The van der Waals surface area contributed by atoms with Gasteiger partial charge in [-0.3, -0.25) is 5.41 Å². The van der Waals surface area contributed by atoms with Crippen molar-refractivity contribution < 1.29 is 17.9 Å². The molecule has 0 aliphatic rings. The van der Waals surface area contributed by atoms with Gasteiger partial charge in [-0.15, -0.1) is 0 Å². The number of nitrogens with two attached hydrogens (primary N) is 1. The van der Waals surface area contributed by atoms with E-state index in [4.69, 9.17) is 20.6 Å². The molecule has 0 aliphatic heterocycles. The van der Waals surface area contributed by atoms with Crippen LogP contribution in [0, 0.1) is 5.41 Å². The summed E-state index contributed by atoms with van der Waals surface area (Å²) in [6, 6.07) is 14.2. The van der Waals surface area contributed by atoms with Crippen LogP contribution in [-0.2, 0) is 23.1 Å². The van der Waals surface area contributed by atoms with Crippen molar-refractivity contribution in [1.29, 1.82) is 5.41 Å². The molecule has 0 saturated heterocycles. The highest BCUT2D eigenvalue weighted by atomic mass is 32.2. The number of hydrogen-bond acceptors (Lipinski definition) is 6. The fraction of sp³-hybridized carbons (Fsp3) is 0.211. The van der Waals surface area contributed by atoms with Gasteiger partial charge < -0.3 is 15.2 Å². The summed E-state index contributed by atoms with van der Waals surface area (Å²) in [6.45, 7) is 0.221. The van der Waals surface area contributed by atoms with E-state index in [1.807, 2.05) is 0 Å². The molecular weight excluding hydrogens is 366 g/mol. The normalized spacial score (nSPS) is 11.7. The van der Waals surface area contributed by atoms with E-state index in [-0.39, 0.29) is 13.1 Å². The lowest BCUT2D eigenvalue weighted by Crippen LogP contribution is -2.34. The van der Waals surface area contributed by atoms with Crippen molar-refractivity contribution >= 4 is 15.1 Å². The highest BCUT2D eigenvalue weighted by molar-refractivity contribution is 8.04. The van der Waals surface area contributed by atoms with Crippen LogP contribution in [0.2, 0.25) is 0 Å². The van der Waals surface area contributed by atoms with Crippen LogP contribution in [0.3, 0.4) is 0 Å². The number of rotatable bonds is 8. The zero-order chi connectivity index (χ0) is 19.9. The molecular formula is C19H23N3O4S. The molecule has 7 nitrogen and oxygen atoms in total. The van der Waals surface area contributed by atoms with Crippen LogP contribution in [-0.4, -0.2) is 32.0 Å². The average Bonchev–Trinajstić information content (AvgIpc) is 2.68. The molecule has 0 saturated carbocycles. The van der Waals surface area contributed by atoms with Crippen LogP contribution < -0.4 is 15.2 Å². The van der Waals surface area contributed by atoms with E-state index in [2.05, 4.69) is 0 Å². The number of hydrogen-bond donors (Lipinski definition) is 2. The second kappa shape index (κ2) is 9.20. The smallest absolute Gasteiger partial charge is 0.260 e. The van der Waals surface area contributed by atoms with Crippen molar-refractivity contribution in [2.75, 3.05) is 14.2 Å². The molecule has 2 aromatic rings. The predicted molar refractivity (Wildman–Crippen MR) is 105 cm³/mol. The van der Waals surface area contributed by atoms with Gasteiger partial charge in [0.2, 0.25) is 0 Å². The maximum atomic E-state index is 12.8. The van der Waals surface area contributed by atoms with Crippen molar-refractivity contribution in [3.8, 4) is 11.5 Å². The third-order valence-electron chi connectivity index (χ3n) is 3.90. The first-order valence-corrected chi connectivity index (χ1v) is 9.57. The lowest BCUT2D eigenvalue weighted by Gasteiger charge is -2.22. The van der Waals surface area contributed by atoms with Crippen LogP contribution in [0.5, 0.6) is 11.5 Å². The summed E-state index contributed by atoms with van der Waals surface area (Å²) in [6.07, 6.45) is 2.10. The molecule has 0 heterocycles. The van der Waals surface area contributed by atoms with Crippen LogP contribution in [0.4, 0.5) is 0 Å². The third-order valence-corrected chi connectivity index (χ3v) is 5.53. The Kier molecular flexibility index (Phi) is 6.98. The highest BCUT2D eigenvalue weighted by Crippen LogP contribution is 2.20. The first-order valence-electron chi connectivity index (χ1n) is 8.13. The van der Waals surface area contributed by atoms with Crippen molar-refractivity contribution in [3.63, 3.8) is 0 Å². The van der Waals surface area contributed by atoms with Crippen molar-refractivity contribution in [1.82, 2.24) is 4.31 Å². The summed E-state index contributed by atoms with van der Waals surface area (Å²) in [5.41, 5.74) is 6.81. The van der Waals surface area contributed by atoms with Gasteiger partial charge in [0.05, 0.1) is 14.2 Å². The number of nitrogens with zero attached hydrogens (tertiary/aromatic N) is 1. The van der Waals surface area contributed by atoms with E-state index in [1.165, 1.54) is 4.31 Å². The van der Waals surface area contributed by atoms with Gasteiger partial charge in [0, 0.05) is 13.1 Å². The fourth-order valence-electron chi connectivity index (χ4n) is 2.41. The van der Waals surface area contributed by atoms with Gasteiger partial charge in [0.1, 0.15) is 11.5 Å². The van der Waals surface area contributed by atoms with Gasteiger partial charge in [-0.05, 0) is 47.7 Å². The third kappa shape index (κ3) is 5.32. The summed E-state index contributed by atoms with van der Waals surface area (Å²) in [5, 5.41) is 7.28. The fourth-order valence-corrected chi connectivity index (χ4v) is 3.57. The summed E-state index contributed by atoms with van der Waals surface area (Å²) < 4.78 is 37.1. The summed E-state index contributed by atoms with van der Waals surface area (Å²) in [4.78, 5) is 0. The maximum absolute atomic E-state index is 12.8. The summed E-state index contributed by atoms with van der Waals surface area (Å²) in [7, 11) is -0.873. The van der Waals surface area contributed by atoms with Crippen molar-refractivity contribution in [2.45, 2.75) is 13.1 Å². The molecule has 0 fully saturated rings. The Morgan fingerprint density at radius 2 is 1.37 bits per heavy atom. The van der Waals surface area contributed by atoms with E-state index >= 15 is 0 Å². The second-order valence-electron chi connectivity index (χ2n) is 5.69. The molecule has 2 rings (SSSR count). The first kappa shape index (κ1) is 20.5. The molecule has 0 amide bonds. The van der Waals surface area contributed by atoms with Crippen molar-refractivity contribution in [3.05, 3.63) is 71.9 Å². The maximum Gasteiger partial charge on any atom is 0.260 e. The minimum atomic E-state index is -4.00. The molecule has 8 heteroatoms. The average molecular weight is 389 g/mol. The summed E-state index contributed by atoms with van der Waals surface area (Å²) >= 11 is 0. The van der Waals surface area contributed by atoms with Crippen LogP contribution in [0.1, 0.15) is 11.1 Å². The summed E-state index contributed by atoms with van der Waals surface area (Å²) in [5.74, 6) is 1.37. The molecule has 144 valence electrons. The van der Waals surface area contributed by atoms with E-state index in [0.717, 1.165) is 23.4 Å². The Bertz CT molecular complexity index is 842. The number of nitrogens with one attached hydrogen (secondary N) is 1. The SMILES string of the molecule is COc1ccc(CN(Cc2ccc(OC)cc2)S(=O)(=O)C(=N)/C=C\N)cc1. The molecule has 0 spiro atoms. The zero-order valence-electron chi connectivity index (χ0n) is 15.3. The Morgan fingerprint density at radius 3 is 1.70 bits per heavy atom.